The molecule has 0 spiro atoms. The number of carbonyl (C=O) groups is 1. The van der Waals surface area contributed by atoms with Gasteiger partial charge in [-0.3, -0.25) is 9.80 Å². The van der Waals surface area contributed by atoms with Gasteiger partial charge in [-0.2, -0.15) is 0 Å². The topological polar surface area (TPSA) is 42.0 Å². The van der Waals surface area contributed by atoms with Crippen LogP contribution in [0.15, 0.2) is 0 Å². The third-order valence-electron chi connectivity index (χ3n) is 2.41. The SMILES string of the molecule is COCC(Cl)N1C(=O)N(C(Cl)COC)C(Br)C1Br. The summed E-state index contributed by atoms with van der Waals surface area (Å²) in [5.74, 6) is 0. The largest absolute Gasteiger partial charge is 0.381 e. The molecule has 0 radical (unpaired) electrons. The van der Waals surface area contributed by atoms with Crippen molar-refractivity contribution in [2.75, 3.05) is 27.4 Å². The summed E-state index contributed by atoms with van der Waals surface area (Å²) in [7, 11) is 3.05. The zero-order valence-corrected chi connectivity index (χ0v) is 14.5. The van der Waals surface area contributed by atoms with Crippen LogP contribution in [0, 0.1) is 0 Å². The highest BCUT2D eigenvalue weighted by Gasteiger charge is 2.48. The Hall–Kier alpha value is 0.730. The molecule has 9 heteroatoms. The van der Waals surface area contributed by atoms with Crippen molar-refractivity contribution in [2.45, 2.75) is 20.9 Å². The van der Waals surface area contributed by atoms with Crippen molar-refractivity contribution in [1.82, 2.24) is 9.80 Å². The normalized spacial score (nSPS) is 27.8. The van der Waals surface area contributed by atoms with Gasteiger partial charge in [0, 0.05) is 14.2 Å². The molecule has 1 heterocycles. The van der Waals surface area contributed by atoms with Gasteiger partial charge in [0.25, 0.3) is 0 Å². The van der Waals surface area contributed by atoms with Crippen LogP contribution in [-0.4, -0.2) is 64.2 Å². The highest BCUT2D eigenvalue weighted by molar-refractivity contribution is 9.12. The van der Waals surface area contributed by atoms with Gasteiger partial charge in [0.1, 0.15) is 20.9 Å². The Morgan fingerprint density at radius 2 is 1.44 bits per heavy atom. The van der Waals surface area contributed by atoms with Crippen molar-refractivity contribution in [3.63, 3.8) is 0 Å². The van der Waals surface area contributed by atoms with Gasteiger partial charge in [-0.25, -0.2) is 4.79 Å². The second kappa shape index (κ2) is 7.50. The van der Waals surface area contributed by atoms with Crippen molar-refractivity contribution >= 4 is 61.1 Å². The standard InChI is InChI=1S/C9H14Br2Cl2N2O3/c1-17-3-5(12)14-7(10)8(11)15(9(14)16)6(13)4-18-2/h5-8H,3-4H2,1-2H3. The fraction of sp³-hybridized carbons (Fsp3) is 0.889. The lowest BCUT2D eigenvalue weighted by atomic mass is 10.5. The number of hydrogen-bond acceptors (Lipinski definition) is 3. The molecule has 2 amide bonds. The van der Waals surface area contributed by atoms with Gasteiger partial charge in [0.15, 0.2) is 0 Å². The van der Waals surface area contributed by atoms with E-state index < -0.39 is 11.0 Å². The van der Waals surface area contributed by atoms with Crippen molar-refractivity contribution < 1.29 is 14.3 Å². The molecule has 1 fully saturated rings. The summed E-state index contributed by atoms with van der Waals surface area (Å²) in [5, 5.41) is 0. The van der Waals surface area contributed by atoms with Crippen LogP contribution in [0.3, 0.4) is 0 Å². The highest BCUT2D eigenvalue weighted by atomic mass is 79.9. The fourth-order valence-corrected chi connectivity index (χ4v) is 3.96. The molecule has 4 unspecified atom stereocenters. The van der Waals surface area contributed by atoms with Crippen molar-refractivity contribution in [3.8, 4) is 0 Å². The van der Waals surface area contributed by atoms with Crippen LogP contribution in [0.25, 0.3) is 0 Å². The second-order valence-corrected chi connectivity index (χ2v) is 6.51. The van der Waals surface area contributed by atoms with E-state index >= 15 is 0 Å². The molecule has 0 saturated carbocycles. The molecule has 0 aromatic carbocycles. The number of urea groups is 1. The molecular formula is C9H14Br2Cl2N2O3. The molecule has 1 rings (SSSR count). The molecule has 0 aromatic rings. The van der Waals surface area contributed by atoms with Gasteiger partial charge in [0.2, 0.25) is 0 Å². The minimum atomic E-state index is -0.566. The van der Waals surface area contributed by atoms with Crippen LogP contribution in [-0.2, 0) is 9.47 Å². The molecule has 0 N–H and O–H groups in total. The molecule has 106 valence electrons. The Morgan fingerprint density at radius 1 is 1.11 bits per heavy atom. The number of ether oxygens (including phenoxy) is 2. The number of halogens is 4. The van der Waals surface area contributed by atoms with E-state index in [9.17, 15) is 4.79 Å². The Labute approximate surface area is 133 Å². The maximum atomic E-state index is 12.3. The van der Waals surface area contributed by atoms with Crippen LogP contribution < -0.4 is 0 Å². The summed E-state index contributed by atoms with van der Waals surface area (Å²) in [5.41, 5.74) is -1.13. The molecule has 0 bridgehead atoms. The maximum Gasteiger partial charge on any atom is 0.324 e. The minimum absolute atomic E-state index is 0.236. The minimum Gasteiger partial charge on any atom is -0.381 e. The zero-order chi connectivity index (χ0) is 13.9. The van der Waals surface area contributed by atoms with E-state index in [4.69, 9.17) is 32.7 Å². The first-order valence-electron chi connectivity index (χ1n) is 5.10. The Bertz CT molecular complexity index is 275. The maximum absolute atomic E-state index is 12.3. The summed E-state index contributed by atoms with van der Waals surface area (Å²) in [6.07, 6.45) is 0. The first-order valence-corrected chi connectivity index (χ1v) is 7.80. The van der Waals surface area contributed by atoms with Crippen molar-refractivity contribution in [1.29, 1.82) is 0 Å². The molecule has 1 aliphatic rings. The molecule has 0 aliphatic carbocycles. The van der Waals surface area contributed by atoms with Crippen molar-refractivity contribution in [3.05, 3.63) is 0 Å². The molecule has 1 aliphatic heterocycles. The highest BCUT2D eigenvalue weighted by Crippen LogP contribution is 2.36. The lowest BCUT2D eigenvalue weighted by Crippen LogP contribution is -2.43. The van der Waals surface area contributed by atoms with Crippen LogP contribution >= 0.6 is 55.1 Å². The van der Waals surface area contributed by atoms with Crippen LogP contribution in [0.1, 0.15) is 0 Å². The monoisotopic (exact) mass is 426 g/mol. The predicted molar refractivity (Wildman–Crippen MR) is 77.5 cm³/mol. The summed E-state index contributed by atoms with van der Waals surface area (Å²) < 4.78 is 9.91. The number of hydrogen-bond donors (Lipinski definition) is 0. The van der Waals surface area contributed by atoms with E-state index in [1.807, 2.05) is 0 Å². The van der Waals surface area contributed by atoms with Gasteiger partial charge < -0.3 is 9.47 Å². The van der Waals surface area contributed by atoms with Gasteiger partial charge in [0.05, 0.1) is 13.2 Å². The molecule has 5 nitrogen and oxygen atoms in total. The third-order valence-corrected chi connectivity index (χ3v) is 5.68. The van der Waals surface area contributed by atoms with Gasteiger partial charge in [-0.15, -0.1) is 0 Å². The molecule has 18 heavy (non-hydrogen) atoms. The summed E-state index contributed by atoms with van der Waals surface area (Å²) in [4.78, 5) is 14.6. The first kappa shape index (κ1) is 16.8. The van der Waals surface area contributed by atoms with Crippen LogP contribution in [0.2, 0.25) is 0 Å². The summed E-state index contributed by atoms with van der Waals surface area (Å²) in [6, 6.07) is -0.271. The van der Waals surface area contributed by atoms with E-state index in [-0.39, 0.29) is 29.1 Å². The predicted octanol–water partition coefficient (Wildman–Crippen LogP) is 2.59. The summed E-state index contributed by atoms with van der Waals surface area (Å²) in [6.45, 7) is 0.473. The van der Waals surface area contributed by atoms with E-state index in [0.717, 1.165) is 0 Å². The number of amides is 2. The van der Waals surface area contributed by atoms with Gasteiger partial charge in [-0.1, -0.05) is 55.1 Å². The summed E-state index contributed by atoms with van der Waals surface area (Å²) >= 11 is 19.1. The number of methoxy groups -OCH3 is 2. The molecule has 1 saturated heterocycles. The molecule has 4 atom stereocenters. The molecule has 0 aromatic heterocycles. The quantitative estimate of drug-likeness (QED) is 0.482. The second-order valence-electron chi connectivity index (χ2n) is 3.62. The van der Waals surface area contributed by atoms with Gasteiger partial charge >= 0.3 is 6.03 Å². The van der Waals surface area contributed by atoms with Gasteiger partial charge in [-0.05, 0) is 0 Å². The number of carbonyl (C=O) groups excluding carboxylic acids is 1. The van der Waals surface area contributed by atoms with E-state index in [0.29, 0.717) is 0 Å². The smallest absolute Gasteiger partial charge is 0.324 e. The van der Waals surface area contributed by atoms with E-state index in [1.54, 1.807) is 0 Å². The van der Waals surface area contributed by atoms with E-state index in [1.165, 1.54) is 24.0 Å². The van der Waals surface area contributed by atoms with E-state index in [2.05, 4.69) is 31.9 Å². The Morgan fingerprint density at radius 3 is 1.72 bits per heavy atom. The van der Waals surface area contributed by atoms with Crippen molar-refractivity contribution in [2.24, 2.45) is 0 Å². The first-order chi connectivity index (χ1) is 8.45. The fourth-order valence-electron chi connectivity index (χ4n) is 1.59. The molecular weight excluding hydrogens is 415 g/mol. The number of alkyl halides is 4. The van der Waals surface area contributed by atoms with Crippen LogP contribution in [0.5, 0.6) is 0 Å². The number of nitrogens with zero attached hydrogens (tertiary/aromatic N) is 2. The average Bonchev–Trinajstić information content (AvgIpc) is 2.51. The number of rotatable bonds is 6. The van der Waals surface area contributed by atoms with Crippen LogP contribution in [0.4, 0.5) is 4.79 Å². The third kappa shape index (κ3) is 3.43. The lowest BCUT2D eigenvalue weighted by Gasteiger charge is -2.25. The zero-order valence-electron chi connectivity index (χ0n) is 9.85. The Kier molecular flexibility index (Phi) is 6.99. The Balaban J connectivity index is 2.82. The average molecular weight is 429 g/mol. The lowest BCUT2D eigenvalue weighted by molar-refractivity contribution is 0.126.